The number of hydrogen-bond donors (Lipinski definition) is 1. The van der Waals surface area contributed by atoms with Crippen LogP contribution in [0.4, 0.5) is 5.13 Å². The maximum absolute atomic E-state index is 11.8. The molecule has 0 fully saturated rings. The van der Waals surface area contributed by atoms with E-state index in [9.17, 15) is 4.79 Å². The zero-order chi connectivity index (χ0) is 12.3. The Morgan fingerprint density at radius 1 is 1.59 bits per heavy atom. The molecule has 0 aliphatic heterocycles. The Morgan fingerprint density at radius 3 is 3.06 bits per heavy atom. The van der Waals surface area contributed by atoms with Gasteiger partial charge >= 0.3 is 0 Å². The van der Waals surface area contributed by atoms with Crippen molar-refractivity contribution in [3.63, 3.8) is 0 Å². The van der Waals surface area contributed by atoms with Crippen LogP contribution >= 0.6 is 23.1 Å². The molecule has 0 unspecified atom stereocenters. The first-order valence-electron chi connectivity index (χ1n) is 5.02. The quantitative estimate of drug-likeness (QED) is 0.683. The van der Waals surface area contributed by atoms with Gasteiger partial charge in [0.05, 0.1) is 6.26 Å². The van der Waals surface area contributed by atoms with Crippen LogP contribution < -0.4 is 5.32 Å². The van der Waals surface area contributed by atoms with Crippen molar-refractivity contribution in [1.29, 1.82) is 0 Å². The number of hydrogen-bond acceptors (Lipinski definition) is 6. The summed E-state index contributed by atoms with van der Waals surface area (Å²) in [5, 5.41) is 11.0. The smallest absolute Gasteiger partial charge is 0.293 e. The Kier molecular flexibility index (Phi) is 3.80. The Bertz CT molecular complexity index is 521. The Hall–Kier alpha value is -1.34. The fraction of sp³-hybridized carbons (Fsp3) is 0.300. The maximum atomic E-state index is 11.8. The Morgan fingerprint density at radius 2 is 2.41 bits per heavy atom. The largest absolute Gasteiger partial charge is 0.459 e. The lowest BCUT2D eigenvalue weighted by atomic mass is 10.3. The Labute approximate surface area is 107 Å². The monoisotopic (exact) mass is 269 g/mol. The van der Waals surface area contributed by atoms with Crippen molar-refractivity contribution in [1.82, 2.24) is 10.2 Å². The molecule has 2 aromatic rings. The number of carbonyl (C=O) groups excluding carboxylic acids is 1. The minimum absolute atomic E-state index is 0.295. The van der Waals surface area contributed by atoms with Crippen molar-refractivity contribution >= 4 is 34.1 Å². The van der Waals surface area contributed by atoms with Crippen LogP contribution in [0.1, 0.15) is 23.0 Å². The molecule has 0 saturated heterocycles. The van der Waals surface area contributed by atoms with Crippen LogP contribution in [0.25, 0.3) is 0 Å². The van der Waals surface area contributed by atoms with Gasteiger partial charge in [-0.2, -0.15) is 0 Å². The van der Waals surface area contributed by atoms with E-state index in [-0.39, 0.29) is 5.91 Å². The molecule has 90 valence electrons. The second-order valence-corrected chi connectivity index (χ2v) is 5.68. The van der Waals surface area contributed by atoms with Crippen LogP contribution in [0.2, 0.25) is 0 Å². The first-order chi connectivity index (χ1) is 8.20. The number of thioether (sulfide) groups is 1. The summed E-state index contributed by atoms with van der Waals surface area (Å²) in [6, 6.07) is 1.74. The Balaban J connectivity index is 2.05. The summed E-state index contributed by atoms with van der Waals surface area (Å²) >= 11 is 2.95. The fourth-order valence-electron chi connectivity index (χ4n) is 1.20. The van der Waals surface area contributed by atoms with E-state index in [1.807, 2.05) is 13.8 Å². The summed E-state index contributed by atoms with van der Waals surface area (Å²) in [4.78, 5) is 11.8. The van der Waals surface area contributed by atoms with Gasteiger partial charge in [0.1, 0.15) is 0 Å². The van der Waals surface area contributed by atoms with Gasteiger partial charge in [0.2, 0.25) is 5.13 Å². The molecule has 2 heterocycles. The summed E-state index contributed by atoms with van der Waals surface area (Å²) in [5.74, 6) is 0.946. The molecule has 5 nitrogen and oxygen atoms in total. The van der Waals surface area contributed by atoms with Crippen LogP contribution in [0.5, 0.6) is 0 Å². The molecule has 0 aromatic carbocycles. The predicted molar refractivity (Wildman–Crippen MR) is 67.7 cm³/mol. The maximum Gasteiger partial charge on any atom is 0.293 e. The van der Waals surface area contributed by atoms with Crippen LogP contribution in [0.15, 0.2) is 21.1 Å². The molecule has 2 aromatic heterocycles. The number of amides is 1. The topological polar surface area (TPSA) is 68.0 Å². The molecule has 0 spiro atoms. The first kappa shape index (κ1) is 12.1. The third-order valence-electron chi connectivity index (χ3n) is 1.96. The second-order valence-electron chi connectivity index (χ2n) is 3.19. The van der Waals surface area contributed by atoms with Gasteiger partial charge in [-0.1, -0.05) is 30.0 Å². The van der Waals surface area contributed by atoms with Gasteiger partial charge in [0, 0.05) is 5.56 Å². The van der Waals surface area contributed by atoms with Crippen molar-refractivity contribution in [2.75, 3.05) is 11.1 Å². The highest BCUT2D eigenvalue weighted by Crippen LogP contribution is 2.25. The van der Waals surface area contributed by atoms with Gasteiger partial charge in [0.15, 0.2) is 10.1 Å². The minimum atomic E-state index is -0.295. The number of nitrogens with zero attached hydrogens (tertiary/aromatic N) is 2. The lowest BCUT2D eigenvalue weighted by Crippen LogP contribution is -2.11. The van der Waals surface area contributed by atoms with E-state index in [1.54, 1.807) is 17.8 Å². The third-order valence-corrected chi connectivity index (χ3v) is 3.82. The summed E-state index contributed by atoms with van der Waals surface area (Å²) in [7, 11) is 0. The molecular weight excluding hydrogens is 258 g/mol. The summed E-state index contributed by atoms with van der Waals surface area (Å²) in [6.07, 6.45) is 1.49. The molecule has 0 bridgehead atoms. The highest BCUT2D eigenvalue weighted by atomic mass is 32.2. The van der Waals surface area contributed by atoms with Crippen LogP contribution in [0.3, 0.4) is 0 Å². The summed E-state index contributed by atoms with van der Waals surface area (Å²) in [5.41, 5.74) is 0.801. The lowest BCUT2D eigenvalue weighted by molar-refractivity contribution is 0.0996. The van der Waals surface area contributed by atoms with Crippen molar-refractivity contribution in [2.45, 2.75) is 18.2 Å². The number of anilines is 1. The highest BCUT2D eigenvalue weighted by molar-refractivity contribution is 8.01. The SMILES string of the molecule is CCSc1nnc(NC(=O)c2occc2C)s1. The molecule has 7 heteroatoms. The molecule has 0 aliphatic rings. The standard InChI is InChI=1S/C10H11N3O2S2/c1-3-16-10-13-12-9(17-10)11-8(14)7-6(2)4-5-15-7/h4-5H,3H2,1-2H3,(H,11,12,14). The molecule has 0 saturated carbocycles. The van der Waals surface area contributed by atoms with Crippen molar-refractivity contribution < 1.29 is 9.21 Å². The van der Waals surface area contributed by atoms with Crippen LogP contribution in [-0.4, -0.2) is 21.9 Å². The summed E-state index contributed by atoms with van der Waals surface area (Å²) < 4.78 is 5.94. The zero-order valence-electron chi connectivity index (χ0n) is 9.39. The molecule has 17 heavy (non-hydrogen) atoms. The normalized spacial score (nSPS) is 10.5. The fourth-order valence-corrected chi connectivity index (χ4v) is 2.85. The molecule has 1 N–H and O–H groups in total. The average molecular weight is 269 g/mol. The van der Waals surface area contributed by atoms with Crippen LogP contribution in [-0.2, 0) is 0 Å². The lowest BCUT2D eigenvalue weighted by Gasteiger charge is -1.97. The third kappa shape index (κ3) is 2.86. The number of nitrogens with one attached hydrogen (secondary N) is 1. The number of rotatable bonds is 4. The van der Waals surface area contributed by atoms with E-state index in [2.05, 4.69) is 15.5 Å². The van der Waals surface area contributed by atoms with Gasteiger partial charge in [-0.05, 0) is 18.7 Å². The van der Waals surface area contributed by atoms with E-state index in [0.717, 1.165) is 15.7 Å². The van der Waals surface area contributed by atoms with Crippen molar-refractivity contribution in [3.05, 3.63) is 23.7 Å². The number of furan rings is 1. The van der Waals surface area contributed by atoms with E-state index in [0.29, 0.717) is 10.9 Å². The predicted octanol–water partition coefficient (Wildman–Crippen LogP) is 2.80. The van der Waals surface area contributed by atoms with E-state index in [4.69, 9.17) is 4.42 Å². The molecule has 0 atom stereocenters. The highest BCUT2D eigenvalue weighted by Gasteiger charge is 2.14. The second kappa shape index (κ2) is 5.33. The van der Waals surface area contributed by atoms with Gasteiger partial charge in [-0.25, -0.2) is 0 Å². The van der Waals surface area contributed by atoms with Gasteiger partial charge in [-0.3, -0.25) is 10.1 Å². The molecule has 0 radical (unpaired) electrons. The molecule has 0 aliphatic carbocycles. The molecular formula is C10H11N3O2S2. The van der Waals surface area contributed by atoms with Gasteiger partial charge in [0.25, 0.3) is 5.91 Å². The molecule has 2 rings (SSSR count). The number of aryl methyl sites for hydroxylation is 1. The van der Waals surface area contributed by atoms with Crippen molar-refractivity contribution in [3.8, 4) is 0 Å². The number of aromatic nitrogens is 2. The van der Waals surface area contributed by atoms with Crippen molar-refractivity contribution in [2.24, 2.45) is 0 Å². The van der Waals surface area contributed by atoms with E-state index >= 15 is 0 Å². The number of carbonyl (C=O) groups is 1. The minimum Gasteiger partial charge on any atom is -0.459 e. The molecule has 1 amide bonds. The van der Waals surface area contributed by atoms with E-state index in [1.165, 1.54) is 17.6 Å². The summed E-state index contributed by atoms with van der Waals surface area (Å²) in [6.45, 7) is 3.85. The van der Waals surface area contributed by atoms with Gasteiger partial charge in [-0.15, -0.1) is 10.2 Å². The van der Waals surface area contributed by atoms with Crippen LogP contribution in [0, 0.1) is 6.92 Å². The van der Waals surface area contributed by atoms with Gasteiger partial charge < -0.3 is 4.42 Å². The van der Waals surface area contributed by atoms with E-state index < -0.39 is 0 Å². The zero-order valence-corrected chi connectivity index (χ0v) is 11.0. The average Bonchev–Trinajstić information content (AvgIpc) is 2.88. The first-order valence-corrected chi connectivity index (χ1v) is 6.82.